The average molecular weight is 658 g/mol. The second kappa shape index (κ2) is 17.7. The lowest BCUT2D eigenvalue weighted by Crippen LogP contribution is -2.43. The van der Waals surface area contributed by atoms with Crippen LogP contribution in [0.4, 0.5) is 13.2 Å². The lowest BCUT2D eigenvalue weighted by molar-refractivity contribution is -0.135. The number of likely N-dealkylation sites (tertiary alicyclic amines) is 2. The standard InChI is InChI=1S/C22H30F3N3O2.2C4H4O4/c1-22(2,3)10-21(30)27-11-13-4-5-28(19(13)12-27)20(29)8-15(26)6-14-7-17(24)18(25)9-16(14)23;2*5-3(6)1-2-4(7)8/h7,9,13,15,19H,4-6,8,10-12,26H2,1-3H3;2*1-2H,(H,5,6)(H,7,8)/b;2*2-1+/t13-,15+,19+;;/m0../s1. The first-order valence-electron chi connectivity index (χ1n) is 13.9. The summed E-state index contributed by atoms with van der Waals surface area (Å²) < 4.78 is 40.3. The highest BCUT2D eigenvalue weighted by molar-refractivity contribution is 5.90. The normalized spacial score (nSPS) is 17.9. The smallest absolute Gasteiger partial charge is 0.328 e. The van der Waals surface area contributed by atoms with Crippen LogP contribution in [0.15, 0.2) is 36.4 Å². The van der Waals surface area contributed by atoms with Crippen molar-refractivity contribution >= 4 is 35.7 Å². The van der Waals surface area contributed by atoms with Crippen molar-refractivity contribution in [2.75, 3.05) is 19.6 Å². The maximum atomic E-state index is 13.8. The SMILES string of the molecule is CC(C)(C)CC(=O)N1C[C@@H]2CCN(C(=O)C[C@H](N)Cc3cc(F)c(F)cc3F)[C@@H]2C1.O=C(O)/C=C/C(=O)O.O=C(O)/C=C/C(=O)O. The summed E-state index contributed by atoms with van der Waals surface area (Å²) in [7, 11) is 0. The number of rotatable bonds is 9. The maximum Gasteiger partial charge on any atom is 0.328 e. The van der Waals surface area contributed by atoms with E-state index in [1.807, 2.05) is 25.7 Å². The highest BCUT2D eigenvalue weighted by atomic mass is 19.2. The predicted molar refractivity (Wildman–Crippen MR) is 156 cm³/mol. The predicted octanol–water partition coefficient (Wildman–Crippen LogP) is 2.28. The summed E-state index contributed by atoms with van der Waals surface area (Å²) in [5.74, 6) is -8.08. The van der Waals surface area contributed by atoms with Gasteiger partial charge in [-0.3, -0.25) is 9.59 Å². The fourth-order valence-electron chi connectivity index (χ4n) is 4.74. The Morgan fingerprint density at radius 1 is 0.826 bits per heavy atom. The first-order chi connectivity index (χ1) is 21.2. The Bertz CT molecular complexity index is 1290. The number of benzene rings is 1. The third-order valence-corrected chi connectivity index (χ3v) is 6.65. The third-order valence-electron chi connectivity index (χ3n) is 6.65. The van der Waals surface area contributed by atoms with Crippen LogP contribution < -0.4 is 5.73 Å². The summed E-state index contributed by atoms with van der Waals surface area (Å²) in [6, 6.07) is 0.548. The zero-order valence-corrected chi connectivity index (χ0v) is 25.5. The van der Waals surface area contributed by atoms with Gasteiger partial charge in [0.1, 0.15) is 5.82 Å². The fraction of sp³-hybridized carbons (Fsp3) is 0.467. The molecule has 2 amide bonds. The van der Waals surface area contributed by atoms with E-state index in [0.717, 1.165) is 12.5 Å². The van der Waals surface area contributed by atoms with Crippen molar-refractivity contribution in [3.63, 3.8) is 0 Å². The molecular weight excluding hydrogens is 619 g/mol. The topological polar surface area (TPSA) is 216 Å². The number of amides is 2. The fourth-order valence-corrected chi connectivity index (χ4v) is 4.74. The summed E-state index contributed by atoms with van der Waals surface area (Å²) >= 11 is 0. The van der Waals surface area contributed by atoms with Crippen molar-refractivity contribution in [2.24, 2.45) is 17.1 Å². The number of nitrogens with two attached hydrogens (primary N) is 1. The van der Waals surface area contributed by atoms with E-state index in [-0.39, 0.29) is 47.6 Å². The second-order valence-corrected chi connectivity index (χ2v) is 11.8. The minimum Gasteiger partial charge on any atom is -0.478 e. The summed E-state index contributed by atoms with van der Waals surface area (Å²) in [4.78, 5) is 67.2. The Kier molecular flexibility index (Phi) is 15.1. The van der Waals surface area contributed by atoms with E-state index in [1.165, 1.54) is 0 Å². The number of halogens is 3. The molecule has 1 aromatic carbocycles. The molecule has 2 heterocycles. The van der Waals surface area contributed by atoms with Crippen LogP contribution in [0.3, 0.4) is 0 Å². The van der Waals surface area contributed by atoms with Gasteiger partial charge in [0.25, 0.3) is 0 Å². The molecule has 2 fully saturated rings. The lowest BCUT2D eigenvalue weighted by atomic mass is 9.91. The van der Waals surface area contributed by atoms with Gasteiger partial charge in [-0.1, -0.05) is 20.8 Å². The number of nitrogens with zero attached hydrogens (tertiary/aromatic N) is 2. The largest absolute Gasteiger partial charge is 0.478 e. The number of hydrogen-bond donors (Lipinski definition) is 5. The number of carbonyl (C=O) groups excluding carboxylic acids is 2. The summed E-state index contributed by atoms with van der Waals surface area (Å²) in [5.41, 5.74) is 5.88. The van der Waals surface area contributed by atoms with Crippen LogP contribution in [0.2, 0.25) is 0 Å². The molecule has 0 saturated carbocycles. The molecule has 3 atom stereocenters. The number of hydrogen-bond acceptors (Lipinski definition) is 7. The molecular formula is C30H38F3N3O10. The average Bonchev–Trinajstić information content (AvgIpc) is 3.50. The Morgan fingerprint density at radius 3 is 1.76 bits per heavy atom. The highest BCUT2D eigenvalue weighted by Gasteiger charge is 2.44. The molecule has 1 aromatic rings. The van der Waals surface area contributed by atoms with Gasteiger partial charge in [0.2, 0.25) is 11.8 Å². The molecule has 0 unspecified atom stereocenters. The van der Waals surface area contributed by atoms with Gasteiger partial charge in [0, 0.05) is 74.8 Å². The van der Waals surface area contributed by atoms with E-state index < -0.39 is 47.4 Å². The van der Waals surface area contributed by atoms with Crippen LogP contribution in [0.5, 0.6) is 0 Å². The quantitative estimate of drug-likeness (QED) is 0.192. The third kappa shape index (κ3) is 14.4. The van der Waals surface area contributed by atoms with Gasteiger partial charge in [0.15, 0.2) is 11.6 Å². The first-order valence-corrected chi connectivity index (χ1v) is 13.9. The van der Waals surface area contributed by atoms with Gasteiger partial charge in [-0.15, -0.1) is 0 Å². The number of carboxylic acids is 4. The van der Waals surface area contributed by atoms with Crippen LogP contribution in [-0.2, 0) is 35.2 Å². The van der Waals surface area contributed by atoms with E-state index in [2.05, 4.69) is 0 Å². The molecule has 3 rings (SSSR count). The summed E-state index contributed by atoms with van der Waals surface area (Å²) in [6.07, 6.45) is 3.45. The number of carboxylic acid groups (broad SMARTS) is 4. The van der Waals surface area contributed by atoms with Crippen LogP contribution in [-0.4, -0.2) is 97.6 Å². The minimum absolute atomic E-state index is 0.0163. The zero-order chi connectivity index (χ0) is 35.4. The highest BCUT2D eigenvalue weighted by Crippen LogP contribution is 2.33. The lowest BCUT2D eigenvalue weighted by Gasteiger charge is -2.27. The van der Waals surface area contributed by atoms with Crippen molar-refractivity contribution in [1.29, 1.82) is 0 Å². The molecule has 0 spiro atoms. The number of fused-ring (bicyclic) bond motifs is 1. The molecule has 0 aromatic heterocycles. The van der Waals surface area contributed by atoms with Gasteiger partial charge in [-0.05, 0) is 29.9 Å². The number of carbonyl (C=O) groups is 6. The molecule has 0 bridgehead atoms. The van der Waals surface area contributed by atoms with Crippen LogP contribution in [0.25, 0.3) is 0 Å². The van der Waals surface area contributed by atoms with E-state index in [9.17, 15) is 41.9 Å². The molecule has 16 heteroatoms. The molecule has 46 heavy (non-hydrogen) atoms. The second-order valence-electron chi connectivity index (χ2n) is 11.8. The molecule has 2 aliphatic rings. The van der Waals surface area contributed by atoms with E-state index in [1.54, 1.807) is 4.90 Å². The summed E-state index contributed by atoms with van der Waals surface area (Å²) in [6.45, 7) is 7.87. The maximum absolute atomic E-state index is 13.8. The van der Waals surface area contributed by atoms with E-state index in [0.29, 0.717) is 56.4 Å². The van der Waals surface area contributed by atoms with E-state index in [4.69, 9.17) is 26.2 Å². The Labute approximate surface area is 262 Å². The molecule has 0 radical (unpaired) electrons. The van der Waals surface area contributed by atoms with Gasteiger partial charge in [-0.2, -0.15) is 0 Å². The van der Waals surface area contributed by atoms with Crippen LogP contribution in [0.1, 0.15) is 45.6 Å². The molecule has 254 valence electrons. The molecule has 0 aliphatic carbocycles. The summed E-state index contributed by atoms with van der Waals surface area (Å²) in [5, 5.41) is 31.2. The van der Waals surface area contributed by atoms with Crippen molar-refractivity contribution in [1.82, 2.24) is 9.80 Å². The van der Waals surface area contributed by atoms with Crippen molar-refractivity contribution in [3.05, 3.63) is 59.5 Å². The molecule has 13 nitrogen and oxygen atoms in total. The van der Waals surface area contributed by atoms with Crippen molar-refractivity contribution in [3.8, 4) is 0 Å². The Morgan fingerprint density at radius 2 is 1.30 bits per heavy atom. The van der Waals surface area contributed by atoms with Gasteiger partial charge < -0.3 is 36.0 Å². The van der Waals surface area contributed by atoms with E-state index >= 15 is 0 Å². The minimum atomic E-state index is -1.26. The molecule has 2 aliphatic heterocycles. The van der Waals surface area contributed by atoms with Crippen molar-refractivity contribution in [2.45, 2.75) is 58.5 Å². The van der Waals surface area contributed by atoms with Gasteiger partial charge >= 0.3 is 23.9 Å². The van der Waals surface area contributed by atoms with Crippen LogP contribution in [0, 0.1) is 28.8 Å². The number of aliphatic carboxylic acids is 4. The molecule has 2 saturated heterocycles. The van der Waals surface area contributed by atoms with Gasteiger partial charge in [-0.25, -0.2) is 32.3 Å². The van der Waals surface area contributed by atoms with Crippen LogP contribution >= 0.6 is 0 Å². The van der Waals surface area contributed by atoms with Crippen molar-refractivity contribution < 1.29 is 62.4 Å². The Hall–Kier alpha value is -4.73. The zero-order valence-electron chi connectivity index (χ0n) is 25.5. The first kappa shape index (κ1) is 39.3. The monoisotopic (exact) mass is 657 g/mol. The van der Waals surface area contributed by atoms with Gasteiger partial charge in [0.05, 0.1) is 6.04 Å². The molecule has 6 N–H and O–H groups in total. The Balaban J connectivity index is 0.000000545.